The van der Waals surface area contributed by atoms with Gasteiger partial charge in [-0.15, -0.1) is 0 Å². The van der Waals surface area contributed by atoms with Crippen molar-refractivity contribution in [3.8, 4) is 6.07 Å². The lowest BCUT2D eigenvalue weighted by Gasteiger charge is -2.26. The van der Waals surface area contributed by atoms with Gasteiger partial charge < -0.3 is 0 Å². The molecule has 1 aliphatic rings. The van der Waals surface area contributed by atoms with Gasteiger partial charge in [-0.2, -0.15) is 5.26 Å². The van der Waals surface area contributed by atoms with Gasteiger partial charge in [0.05, 0.1) is 65.1 Å². The Labute approximate surface area is 286 Å². The molecular formula is C39H18F6N6. The number of halogens is 6. The van der Waals surface area contributed by atoms with E-state index in [2.05, 4.69) is 9.69 Å². The fourth-order valence-electron chi connectivity index (χ4n) is 6.44. The summed E-state index contributed by atoms with van der Waals surface area (Å²) in [5.41, 5.74) is -2.35. The molecule has 7 rings (SSSR count). The highest BCUT2D eigenvalue weighted by Gasteiger charge is 2.33. The summed E-state index contributed by atoms with van der Waals surface area (Å²) in [7, 11) is 0. The quantitative estimate of drug-likeness (QED) is 0.137. The summed E-state index contributed by atoms with van der Waals surface area (Å²) >= 11 is 0. The minimum absolute atomic E-state index is 0.126. The van der Waals surface area contributed by atoms with Crippen LogP contribution in [0.25, 0.3) is 9.69 Å². The van der Waals surface area contributed by atoms with Crippen LogP contribution >= 0.6 is 0 Å². The second kappa shape index (κ2) is 12.9. The second-order valence-electron chi connectivity index (χ2n) is 11.5. The lowest BCUT2D eigenvalue weighted by Crippen LogP contribution is -2.18. The molecule has 3 aromatic heterocycles. The van der Waals surface area contributed by atoms with Crippen LogP contribution in [-0.4, -0.2) is 15.0 Å². The molecule has 6 nitrogen and oxygen atoms in total. The third-order valence-electron chi connectivity index (χ3n) is 8.73. The van der Waals surface area contributed by atoms with Crippen molar-refractivity contribution < 1.29 is 26.3 Å². The lowest BCUT2D eigenvalue weighted by atomic mass is 9.85. The summed E-state index contributed by atoms with van der Waals surface area (Å²) in [6, 6.07) is 21.6. The average Bonchev–Trinajstić information content (AvgIpc) is 3.12. The van der Waals surface area contributed by atoms with Gasteiger partial charge in [0.1, 0.15) is 46.5 Å². The molecule has 0 N–H and O–H groups in total. The van der Waals surface area contributed by atoms with Crippen molar-refractivity contribution in [3.63, 3.8) is 0 Å². The summed E-state index contributed by atoms with van der Waals surface area (Å²) in [6.45, 7) is 14.8. The third-order valence-corrected chi connectivity index (χ3v) is 8.73. The highest BCUT2D eigenvalue weighted by Crippen LogP contribution is 2.42. The first-order valence-electron chi connectivity index (χ1n) is 15.2. The van der Waals surface area contributed by atoms with Crippen LogP contribution < -0.4 is 0 Å². The van der Waals surface area contributed by atoms with Gasteiger partial charge in [-0.05, 0) is 65.7 Å². The van der Waals surface area contributed by atoms with Gasteiger partial charge in [0.25, 0.3) is 11.4 Å². The van der Waals surface area contributed by atoms with Crippen molar-refractivity contribution in [1.29, 1.82) is 5.26 Å². The molecule has 4 heterocycles. The van der Waals surface area contributed by atoms with Crippen LogP contribution in [0, 0.1) is 59.4 Å². The predicted molar refractivity (Wildman–Crippen MR) is 172 cm³/mol. The van der Waals surface area contributed by atoms with Crippen LogP contribution in [-0.2, 0) is 0 Å². The number of pyridine rings is 3. The van der Waals surface area contributed by atoms with E-state index in [1.165, 1.54) is 42.5 Å². The second-order valence-corrected chi connectivity index (χ2v) is 11.5. The van der Waals surface area contributed by atoms with Gasteiger partial charge in [-0.25, -0.2) is 36.0 Å². The van der Waals surface area contributed by atoms with E-state index in [1.54, 1.807) is 18.2 Å². The van der Waals surface area contributed by atoms with Crippen LogP contribution in [0.2, 0.25) is 0 Å². The summed E-state index contributed by atoms with van der Waals surface area (Å²) in [5.74, 6) is -10.4. The van der Waals surface area contributed by atoms with Gasteiger partial charge in [0, 0.05) is 5.56 Å². The molecule has 0 saturated carbocycles. The first-order chi connectivity index (χ1) is 24.7. The maximum Gasteiger partial charge on any atom is 0.257 e. The van der Waals surface area contributed by atoms with Gasteiger partial charge in [0.2, 0.25) is 0 Å². The Bertz CT molecular complexity index is 2200. The number of aromatic nitrogens is 3. The Balaban J connectivity index is 1.61. The van der Waals surface area contributed by atoms with E-state index >= 15 is 13.2 Å². The first kappa shape index (κ1) is 32.7. The number of hydrogen-bond donors (Lipinski definition) is 0. The summed E-state index contributed by atoms with van der Waals surface area (Å²) in [6.07, 6.45) is 0. The van der Waals surface area contributed by atoms with E-state index in [0.29, 0.717) is 0 Å². The maximum absolute atomic E-state index is 16.0. The van der Waals surface area contributed by atoms with Crippen molar-refractivity contribution in [2.45, 2.75) is 17.8 Å². The highest BCUT2D eigenvalue weighted by molar-refractivity contribution is 5.56. The first-order valence-corrected chi connectivity index (χ1v) is 15.2. The Morgan fingerprint density at radius 1 is 0.471 bits per heavy atom. The summed E-state index contributed by atoms with van der Waals surface area (Å²) in [4.78, 5) is 20.4. The van der Waals surface area contributed by atoms with Crippen LogP contribution in [0.4, 0.5) is 37.7 Å². The minimum atomic E-state index is -1.22. The molecule has 2 unspecified atom stereocenters. The molecule has 0 aliphatic carbocycles. The number of nitrogens with zero attached hydrogens (tertiary/aromatic N) is 6. The van der Waals surface area contributed by atoms with E-state index < -0.39 is 69.6 Å². The zero-order valence-corrected chi connectivity index (χ0v) is 25.8. The molecule has 0 fully saturated rings. The molecule has 12 heteroatoms. The molecule has 0 spiro atoms. The molecule has 1 aliphatic heterocycles. The van der Waals surface area contributed by atoms with Crippen LogP contribution in [0.5, 0.6) is 0 Å². The van der Waals surface area contributed by atoms with E-state index in [0.717, 1.165) is 36.4 Å². The number of nitriles is 1. The standard InChI is InChI=1S/C39H18F6N6/c1-47-38-24(41)16-13-20(36(38)44)33-28-8-3-6-26(49-28)32(19-12-15-23(40)22(18-46)35(19)43)27-7-4-9-29(50-27)34(31-11-5-10-30(33)51-31)21-14-17-25(42)39(48-2)37(21)45/h3-17,32-34H. The molecule has 0 radical (unpaired) electrons. The van der Waals surface area contributed by atoms with Crippen molar-refractivity contribution in [1.82, 2.24) is 15.0 Å². The smallest absolute Gasteiger partial charge is 0.256 e. The number of benzene rings is 3. The molecule has 3 aromatic carbocycles. The predicted octanol–water partition coefficient (Wildman–Crippen LogP) is 9.53. The fraction of sp³-hybridized carbons (Fsp3) is 0.0769. The Morgan fingerprint density at radius 2 is 0.784 bits per heavy atom. The lowest BCUT2D eigenvalue weighted by molar-refractivity contribution is 0.561. The third kappa shape index (κ3) is 5.42. The molecule has 6 bridgehead atoms. The van der Waals surface area contributed by atoms with Gasteiger partial charge in [-0.1, -0.05) is 36.4 Å². The molecule has 6 aromatic rings. The molecule has 51 heavy (non-hydrogen) atoms. The minimum Gasteiger partial charge on any atom is -0.256 e. The van der Waals surface area contributed by atoms with Gasteiger partial charge in [-0.3, -0.25) is 15.0 Å². The van der Waals surface area contributed by atoms with E-state index in [9.17, 15) is 18.4 Å². The Kier molecular flexibility index (Phi) is 8.26. The van der Waals surface area contributed by atoms with Gasteiger partial charge >= 0.3 is 0 Å². The number of fused-ring (bicyclic) bond motifs is 6. The van der Waals surface area contributed by atoms with Crippen molar-refractivity contribution in [2.75, 3.05) is 0 Å². The monoisotopic (exact) mass is 684 g/mol. The normalized spacial score (nSPS) is 16.2. The van der Waals surface area contributed by atoms with Crippen LogP contribution in [0.15, 0.2) is 91.0 Å². The largest absolute Gasteiger partial charge is 0.257 e. The summed E-state index contributed by atoms with van der Waals surface area (Å²) in [5, 5.41) is 9.59. The van der Waals surface area contributed by atoms with E-state index in [4.69, 9.17) is 28.1 Å². The van der Waals surface area contributed by atoms with Crippen molar-refractivity contribution in [2.24, 2.45) is 0 Å². The molecule has 246 valence electrons. The Hall–Kier alpha value is -6.84. The summed E-state index contributed by atoms with van der Waals surface area (Å²) < 4.78 is 91.8. The highest BCUT2D eigenvalue weighted by atomic mass is 19.2. The number of hydrogen-bond acceptors (Lipinski definition) is 4. The van der Waals surface area contributed by atoms with Gasteiger partial charge in [0.15, 0.2) is 0 Å². The molecular weight excluding hydrogens is 666 g/mol. The van der Waals surface area contributed by atoms with E-state index in [-0.39, 0.29) is 50.9 Å². The topological polar surface area (TPSA) is 71.2 Å². The maximum atomic E-state index is 16.0. The average molecular weight is 685 g/mol. The van der Waals surface area contributed by atoms with Crippen LogP contribution in [0.1, 0.15) is 74.2 Å². The zero-order chi connectivity index (χ0) is 36.0. The molecule has 0 amide bonds. The van der Waals surface area contributed by atoms with E-state index in [1.807, 2.05) is 0 Å². The SMILES string of the molecule is [C-]#[N+]c1c(F)ccc(C2c3cccc(n3)C(c3ccc(F)c(C#N)c3F)c3cccc(n3)C(c3ccc(F)c([N+]#[C-])c3F)c3cccc2n3)c1F. The van der Waals surface area contributed by atoms with Crippen molar-refractivity contribution >= 4 is 11.4 Å². The molecule has 2 atom stereocenters. The fourth-order valence-corrected chi connectivity index (χ4v) is 6.44. The van der Waals surface area contributed by atoms with Crippen molar-refractivity contribution in [3.05, 3.63) is 205 Å². The van der Waals surface area contributed by atoms with Crippen LogP contribution in [0.3, 0.4) is 0 Å². The number of rotatable bonds is 3. The Morgan fingerprint density at radius 3 is 1.10 bits per heavy atom. The zero-order valence-electron chi connectivity index (χ0n) is 25.8. The molecule has 0 saturated heterocycles.